The second-order valence-corrected chi connectivity index (χ2v) is 9.14. The molecule has 0 spiro atoms. The van der Waals surface area contributed by atoms with Gasteiger partial charge in [-0.15, -0.1) is 11.3 Å². The van der Waals surface area contributed by atoms with E-state index in [1.807, 2.05) is 0 Å². The molecule has 0 aliphatic heterocycles. The number of nitrogens with one attached hydrogen (secondary N) is 2. The number of anilines is 3. The van der Waals surface area contributed by atoms with Crippen LogP contribution in [0.15, 0.2) is 66.8 Å². The van der Waals surface area contributed by atoms with Crippen LogP contribution >= 0.6 is 11.3 Å². The fourth-order valence-electron chi connectivity index (χ4n) is 3.72. The molecule has 0 saturated heterocycles. The van der Waals surface area contributed by atoms with E-state index in [1.165, 1.54) is 53.1 Å². The zero-order chi connectivity index (χ0) is 27.0. The Labute approximate surface area is 217 Å². The minimum Gasteiger partial charge on any atom is -0.382 e. The van der Waals surface area contributed by atoms with Gasteiger partial charge in [0, 0.05) is 40.4 Å². The van der Waals surface area contributed by atoms with Crippen molar-refractivity contribution in [2.75, 3.05) is 16.4 Å². The molecule has 0 fully saturated rings. The van der Waals surface area contributed by atoms with Gasteiger partial charge in [0.2, 0.25) is 0 Å². The summed E-state index contributed by atoms with van der Waals surface area (Å²) in [6.07, 6.45) is 0.845. The van der Waals surface area contributed by atoms with Crippen molar-refractivity contribution < 1.29 is 22.8 Å². The van der Waals surface area contributed by atoms with Crippen LogP contribution < -0.4 is 16.4 Å². The van der Waals surface area contributed by atoms with Gasteiger partial charge in [-0.3, -0.25) is 9.59 Å². The van der Waals surface area contributed by atoms with Crippen molar-refractivity contribution in [1.29, 1.82) is 0 Å². The van der Waals surface area contributed by atoms with E-state index in [0.29, 0.717) is 27.0 Å². The smallest absolute Gasteiger partial charge is 0.382 e. The Balaban J connectivity index is 1.41. The number of benzene rings is 2. The minimum absolute atomic E-state index is 0.131. The molecule has 0 atom stereocenters. The van der Waals surface area contributed by atoms with Gasteiger partial charge in [-0.05, 0) is 42.8 Å². The van der Waals surface area contributed by atoms with Gasteiger partial charge in [0.1, 0.15) is 12.1 Å². The lowest BCUT2D eigenvalue weighted by Gasteiger charge is -2.14. The maximum atomic E-state index is 13.5. The van der Waals surface area contributed by atoms with Crippen molar-refractivity contribution in [3.63, 3.8) is 0 Å². The van der Waals surface area contributed by atoms with Crippen molar-refractivity contribution in [3.05, 3.63) is 89.1 Å². The molecule has 192 valence electrons. The fraction of sp³-hybridized carbons (Fsp3) is 0.0800. The summed E-state index contributed by atoms with van der Waals surface area (Å²) in [6, 6.07) is 7.82. The Morgan fingerprint density at radius 1 is 1.05 bits per heavy atom. The monoisotopic (exact) mass is 537 g/mol. The van der Waals surface area contributed by atoms with Gasteiger partial charge >= 0.3 is 6.18 Å². The van der Waals surface area contributed by atoms with E-state index in [4.69, 9.17) is 5.73 Å². The normalized spacial score (nSPS) is 11.5. The molecule has 2 amide bonds. The summed E-state index contributed by atoms with van der Waals surface area (Å²) < 4.78 is 42.5. The van der Waals surface area contributed by atoms with Crippen LogP contribution in [-0.2, 0) is 6.18 Å². The maximum absolute atomic E-state index is 13.5. The number of alkyl halides is 3. The molecule has 13 heteroatoms. The highest BCUT2D eigenvalue weighted by atomic mass is 32.1. The number of nitrogen functional groups attached to an aromatic ring is 1. The average molecular weight is 538 g/mol. The van der Waals surface area contributed by atoms with Gasteiger partial charge in [-0.25, -0.2) is 15.0 Å². The largest absolute Gasteiger partial charge is 0.416 e. The third kappa shape index (κ3) is 4.91. The van der Waals surface area contributed by atoms with Gasteiger partial charge in [-0.1, -0.05) is 6.07 Å². The molecule has 9 nitrogen and oxygen atoms in total. The van der Waals surface area contributed by atoms with Crippen molar-refractivity contribution in [1.82, 2.24) is 19.5 Å². The lowest BCUT2D eigenvalue weighted by Crippen LogP contribution is -2.16. The molecule has 4 N–H and O–H groups in total. The van der Waals surface area contributed by atoms with E-state index in [9.17, 15) is 22.8 Å². The zero-order valence-corrected chi connectivity index (χ0v) is 20.4. The topological polar surface area (TPSA) is 128 Å². The summed E-state index contributed by atoms with van der Waals surface area (Å²) >= 11 is 1.24. The van der Waals surface area contributed by atoms with Gasteiger partial charge in [-0.2, -0.15) is 13.2 Å². The number of amides is 2. The highest BCUT2D eigenvalue weighted by Crippen LogP contribution is 2.32. The van der Waals surface area contributed by atoms with Crippen LogP contribution in [0, 0.1) is 6.92 Å². The molecule has 0 aliphatic rings. The number of hydrogen-bond acceptors (Lipinski definition) is 7. The van der Waals surface area contributed by atoms with Crippen molar-refractivity contribution in [2.24, 2.45) is 0 Å². The number of carbonyl (C=O) groups excluding carboxylic acids is 2. The van der Waals surface area contributed by atoms with E-state index in [2.05, 4.69) is 25.6 Å². The number of fused-ring (bicyclic) bond motifs is 1. The van der Waals surface area contributed by atoms with E-state index < -0.39 is 23.6 Å². The Bertz CT molecular complexity index is 1680. The van der Waals surface area contributed by atoms with Crippen molar-refractivity contribution in [3.8, 4) is 5.69 Å². The summed E-state index contributed by atoms with van der Waals surface area (Å²) in [5.74, 6) is -0.927. The summed E-state index contributed by atoms with van der Waals surface area (Å²) in [4.78, 5) is 37.9. The summed E-state index contributed by atoms with van der Waals surface area (Å²) in [5.41, 5.74) is 6.91. The van der Waals surface area contributed by atoms with Crippen LogP contribution in [0.1, 0.15) is 31.8 Å². The van der Waals surface area contributed by atoms with E-state index in [0.717, 1.165) is 12.1 Å². The van der Waals surface area contributed by atoms with E-state index in [-0.39, 0.29) is 22.8 Å². The molecule has 0 aliphatic carbocycles. The molecule has 0 bridgehead atoms. The van der Waals surface area contributed by atoms with E-state index in [1.54, 1.807) is 24.4 Å². The molecular formula is C25H18F3N7O2S. The summed E-state index contributed by atoms with van der Waals surface area (Å²) in [6.45, 7) is 1.76. The Kier molecular flexibility index (Phi) is 6.28. The van der Waals surface area contributed by atoms with E-state index >= 15 is 0 Å². The number of nitrogens with two attached hydrogens (primary N) is 1. The molecular weight excluding hydrogens is 519 g/mol. The number of carbonyl (C=O) groups is 2. The highest BCUT2D eigenvalue weighted by molar-refractivity contribution is 7.18. The molecule has 3 aromatic heterocycles. The molecule has 0 unspecified atom stereocenters. The second kappa shape index (κ2) is 9.59. The maximum Gasteiger partial charge on any atom is 0.416 e. The molecule has 5 rings (SSSR count). The molecule has 5 aromatic rings. The molecule has 0 radical (unpaired) electrons. The summed E-state index contributed by atoms with van der Waals surface area (Å²) in [5, 5.41) is 7.02. The van der Waals surface area contributed by atoms with Crippen LogP contribution in [0.2, 0.25) is 0 Å². The predicted molar refractivity (Wildman–Crippen MR) is 137 cm³/mol. The quantitative estimate of drug-likeness (QED) is 0.280. The van der Waals surface area contributed by atoms with Crippen molar-refractivity contribution >= 4 is 50.6 Å². The Morgan fingerprint density at radius 3 is 2.61 bits per heavy atom. The molecule has 38 heavy (non-hydrogen) atoms. The Hall–Kier alpha value is -4.78. The predicted octanol–water partition coefficient (Wildman–Crippen LogP) is 5.29. The zero-order valence-electron chi connectivity index (χ0n) is 19.6. The average Bonchev–Trinajstić information content (AvgIpc) is 3.56. The number of imidazole rings is 1. The standard InChI is InChI=1S/C25H18F3N7O2S/c1-13-2-3-16(9-19(13)34-24(37)18-10-38-21-20(18)31-11-32-22(21)29)33-23(36)14-6-15(25(26,27)28)8-17(7-14)35-5-4-30-12-35/h2-12H,1H3,(H,33,36)(H,34,37)(H2,29,31,32). The lowest BCUT2D eigenvalue weighted by atomic mass is 10.1. The Morgan fingerprint density at radius 2 is 1.87 bits per heavy atom. The first-order valence-electron chi connectivity index (χ1n) is 11.0. The fourth-order valence-corrected chi connectivity index (χ4v) is 4.63. The number of aromatic nitrogens is 4. The van der Waals surface area contributed by atoms with Crippen LogP contribution in [0.4, 0.5) is 30.4 Å². The number of thiophene rings is 1. The van der Waals surface area contributed by atoms with Gasteiger partial charge in [0.15, 0.2) is 0 Å². The number of halogens is 3. The molecule has 0 saturated carbocycles. The highest BCUT2D eigenvalue weighted by Gasteiger charge is 2.32. The number of hydrogen-bond donors (Lipinski definition) is 3. The van der Waals surface area contributed by atoms with Crippen LogP contribution in [0.3, 0.4) is 0 Å². The lowest BCUT2D eigenvalue weighted by molar-refractivity contribution is -0.137. The SMILES string of the molecule is Cc1ccc(NC(=O)c2cc(-n3ccnc3)cc(C(F)(F)F)c2)cc1NC(=O)c1csc2c(N)ncnc12. The van der Waals surface area contributed by atoms with Crippen LogP contribution in [-0.4, -0.2) is 31.3 Å². The first kappa shape index (κ1) is 24.9. The summed E-state index contributed by atoms with van der Waals surface area (Å²) in [7, 11) is 0. The number of aryl methyl sites for hydroxylation is 1. The first-order chi connectivity index (χ1) is 18.1. The number of nitrogens with zero attached hydrogens (tertiary/aromatic N) is 4. The van der Waals surface area contributed by atoms with Crippen LogP contribution in [0.5, 0.6) is 0 Å². The minimum atomic E-state index is -4.66. The van der Waals surface area contributed by atoms with Gasteiger partial charge < -0.3 is 20.9 Å². The van der Waals surface area contributed by atoms with Gasteiger partial charge in [0.05, 0.1) is 27.7 Å². The van der Waals surface area contributed by atoms with Gasteiger partial charge in [0.25, 0.3) is 11.8 Å². The first-order valence-corrected chi connectivity index (χ1v) is 11.9. The third-order valence-corrected chi connectivity index (χ3v) is 6.67. The second-order valence-electron chi connectivity index (χ2n) is 8.26. The number of rotatable bonds is 5. The van der Waals surface area contributed by atoms with Crippen molar-refractivity contribution in [2.45, 2.75) is 13.1 Å². The molecule has 2 aromatic carbocycles. The molecule has 3 heterocycles. The third-order valence-electron chi connectivity index (χ3n) is 5.68. The van der Waals surface area contributed by atoms with Crippen LogP contribution in [0.25, 0.3) is 15.9 Å².